The predicted molar refractivity (Wildman–Crippen MR) is 80.4 cm³/mol. The Kier molecular flexibility index (Phi) is 5.88. The molecule has 1 unspecified atom stereocenters. The van der Waals surface area contributed by atoms with E-state index in [1.807, 2.05) is 13.8 Å². The van der Waals surface area contributed by atoms with Crippen LogP contribution < -0.4 is 5.32 Å². The van der Waals surface area contributed by atoms with Gasteiger partial charge in [-0.15, -0.1) is 11.8 Å². The fraction of sp³-hybridized carbons (Fsp3) is 0.533. The Balaban J connectivity index is 2.33. The van der Waals surface area contributed by atoms with Crippen LogP contribution in [-0.4, -0.2) is 28.4 Å². The lowest BCUT2D eigenvalue weighted by molar-refractivity contribution is -0.123. The second-order valence-corrected chi connectivity index (χ2v) is 6.53. The lowest BCUT2D eigenvalue weighted by Crippen LogP contribution is -2.51. The SMILES string of the molecule is Cc1ccc(SCCC(=O)NC(C)(C)C(C)O)cc1. The van der Waals surface area contributed by atoms with Gasteiger partial charge in [-0.3, -0.25) is 4.79 Å². The van der Waals surface area contributed by atoms with Crippen molar-refractivity contribution in [1.82, 2.24) is 5.32 Å². The summed E-state index contributed by atoms with van der Waals surface area (Å²) in [6.07, 6.45) is -0.115. The van der Waals surface area contributed by atoms with Crippen molar-refractivity contribution in [3.63, 3.8) is 0 Å². The van der Waals surface area contributed by atoms with Gasteiger partial charge in [-0.25, -0.2) is 0 Å². The van der Waals surface area contributed by atoms with Gasteiger partial charge in [0.15, 0.2) is 0 Å². The van der Waals surface area contributed by atoms with Crippen LogP contribution in [0.5, 0.6) is 0 Å². The Bertz CT molecular complexity index is 413. The molecule has 106 valence electrons. The Labute approximate surface area is 119 Å². The summed E-state index contributed by atoms with van der Waals surface area (Å²) in [4.78, 5) is 12.9. The summed E-state index contributed by atoms with van der Waals surface area (Å²) in [6.45, 7) is 7.38. The normalized spacial score (nSPS) is 13.1. The maximum absolute atomic E-state index is 11.8. The topological polar surface area (TPSA) is 49.3 Å². The van der Waals surface area contributed by atoms with E-state index in [9.17, 15) is 9.90 Å². The number of carbonyl (C=O) groups excluding carboxylic acids is 1. The summed E-state index contributed by atoms with van der Waals surface area (Å²) in [5.41, 5.74) is 0.659. The van der Waals surface area contributed by atoms with Crippen molar-refractivity contribution < 1.29 is 9.90 Å². The molecule has 3 nitrogen and oxygen atoms in total. The quantitative estimate of drug-likeness (QED) is 0.788. The van der Waals surface area contributed by atoms with Gasteiger partial charge in [0.05, 0.1) is 11.6 Å². The summed E-state index contributed by atoms with van der Waals surface area (Å²) in [7, 11) is 0. The molecule has 4 heteroatoms. The largest absolute Gasteiger partial charge is 0.391 e. The fourth-order valence-corrected chi connectivity index (χ4v) is 2.27. The Hall–Kier alpha value is -1.00. The van der Waals surface area contributed by atoms with Gasteiger partial charge >= 0.3 is 0 Å². The zero-order valence-corrected chi connectivity index (χ0v) is 12.9. The zero-order chi connectivity index (χ0) is 14.5. The highest BCUT2D eigenvalue weighted by Gasteiger charge is 2.25. The molecule has 1 atom stereocenters. The summed E-state index contributed by atoms with van der Waals surface area (Å²) < 4.78 is 0. The molecule has 0 aromatic heterocycles. The maximum atomic E-state index is 11.8. The van der Waals surface area contributed by atoms with E-state index in [1.54, 1.807) is 18.7 Å². The van der Waals surface area contributed by atoms with Crippen LogP contribution in [0.25, 0.3) is 0 Å². The molecular formula is C15H23NO2S. The third-order valence-electron chi connectivity index (χ3n) is 3.12. The van der Waals surface area contributed by atoms with Crippen molar-refractivity contribution in [3.05, 3.63) is 29.8 Å². The van der Waals surface area contributed by atoms with Gasteiger partial charge in [0.2, 0.25) is 5.91 Å². The van der Waals surface area contributed by atoms with E-state index in [4.69, 9.17) is 0 Å². The van der Waals surface area contributed by atoms with Crippen LogP contribution in [0.1, 0.15) is 32.8 Å². The van der Waals surface area contributed by atoms with Crippen molar-refractivity contribution in [2.75, 3.05) is 5.75 Å². The molecule has 0 fully saturated rings. The third kappa shape index (κ3) is 5.66. The molecule has 1 aromatic rings. The highest BCUT2D eigenvalue weighted by Crippen LogP contribution is 2.19. The van der Waals surface area contributed by atoms with E-state index < -0.39 is 11.6 Å². The molecule has 2 N–H and O–H groups in total. The summed E-state index contributed by atoms with van der Waals surface area (Å²) >= 11 is 1.67. The van der Waals surface area contributed by atoms with Crippen molar-refractivity contribution in [3.8, 4) is 0 Å². The van der Waals surface area contributed by atoms with Crippen LogP contribution in [0.4, 0.5) is 0 Å². The second kappa shape index (κ2) is 6.96. The maximum Gasteiger partial charge on any atom is 0.221 e. The van der Waals surface area contributed by atoms with Crippen molar-refractivity contribution in [2.24, 2.45) is 0 Å². The number of carbonyl (C=O) groups is 1. The van der Waals surface area contributed by atoms with Crippen molar-refractivity contribution in [2.45, 2.75) is 50.7 Å². The first kappa shape index (κ1) is 16.1. The molecular weight excluding hydrogens is 258 g/mol. The molecule has 1 aromatic carbocycles. The average molecular weight is 281 g/mol. The predicted octanol–water partition coefficient (Wildman–Crippen LogP) is 2.75. The van der Waals surface area contributed by atoms with Crippen LogP contribution in [-0.2, 0) is 4.79 Å². The molecule has 0 aliphatic rings. The minimum absolute atomic E-state index is 0.0227. The molecule has 0 spiro atoms. The number of nitrogens with one attached hydrogen (secondary N) is 1. The van der Waals surface area contributed by atoms with Crippen molar-refractivity contribution >= 4 is 17.7 Å². The van der Waals surface area contributed by atoms with E-state index in [0.29, 0.717) is 6.42 Å². The van der Waals surface area contributed by atoms with Crippen LogP contribution in [0.3, 0.4) is 0 Å². The van der Waals surface area contributed by atoms with Gasteiger partial charge in [0.1, 0.15) is 0 Å². The number of benzene rings is 1. The van der Waals surface area contributed by atoms with Gasteiger partial charge in [0.25, 0.3) is 0 Å². The number of aryl methyl sites for hydroxylation is 1. The highest BCUT2D eigenvalue weighted by atomic mass is 32.2. The average Bonchev–Trinajstić information content (AvgIpc) is 2.31. The number of hydrogen-bond acceptors (Lipinski definition) is 3. The Morgan fingerprint density at radius 2 is 1.95 bits per heavy atom. The van der Waals surface area contributed by atoms with Gasteiger partial charge < -0.3 is 10.4 Å². The van der Waals surface area contributed by atoms with Crippen LogP contribution in [0.15, 0.2) is 29.2 Å². The molecule has 0 radical (unpaired) electrons. The minimum Gasteiger partial charge on any atom is -0.391 e. The summed E-state index contributed by atoms with van der Waals surface area (Å²) in [6, 6.07) is 8.27. The number of amides is 1. The lowest BCUT2D eigenvalue weighted by Gasteiger charge is -2.29. The lowest BCUT2D eigenvalue weighted by atomic mass is 9.99. The van der Waals surface area contributed by atoms with E-state index >= 15 is 0 Å². The first-order chi connectivity index (χ1) is 8.81. The minimum atomic E-state index is -0.578. The van der Waals surface area contributed by atoms with Gasteiger partial charge in [-0.1, -0.05) is 17.7 Å². The standard InChI is InChI=1S/C15H23NO2S/c1-11-5-7-13(8-6-11)19-10-9-14(18)16-15(3,4)12(2)17/h5-8,12,17H,9-10H2,1-4H3,(H,16,18). The van der Waals surface area contributed by atoms with E-state index in [1.165, 1.54) is 10.5 Å². The second-order valence-electron chi connectivity index (χ2n) is 5.36. The highest BCUT2D eigenvalue weighted by molar-refractivity contribution is 7.99. The summed E-state index contributed by atoms with van der Waals surface area (Å²) in [5.74, 6) is 0.718. The van der Waals surface area contributed by atoms with Gasteiger partial charge in [-0.2, -0.15) is 0 Å². The molecule has 1 rings (SSSR count). The van der Waals surface area contributed by atoms with Gasteiger partial charge in [0, 0.05) is 17.1 Å². The van der Waals surface area contributed by atoms with E-state index in [0.717, 1.165) is 5.75 Å². The molecule has 0 aliphatic carbocycles. The Morgan fingerprint density at radius 3 is 2.47 bits per heavy atom. The first-order valence-corrected chi connectivity index (χ1v) is 7.48. The van der Waals surface area contributed by atoms with E-state index in [-0.39, 0.29) is 5.91 Å². The molecule has 0 heterocycles. The summed E-state index contributed by atoms with van der Waals surface area (Å²) in [5, 5.41) is 12.4. The Morgan fingerprint density at radius 1 is 1.37 bits per heavy atom. The van der Waals surface area contributed by atoms with Crippen LogP contribution in [0, 0.1) is 6.92 Å². The van der Waals surface area contributed by atoms with E-state index in [2.05, 4.69) is 36.5 Å². The number of aliphatic hydroxyl groups is 1. The van der Waals surface area contributed by atoms with Crippen LogP contribution >= 0.6 is 11.8 Å². The number of rotatable bonds is 6. The molecule has 0 bridgehead atoms. The smallest absolute Gasteiger partial charge is 0.221 e. The molecule has 0 saturated heterocycles. The monoisotopic (exact) mass is 281 g/mol. The molecule has 0 aliphatic heterocycles. The number of hydrogen-bond donors (Lipinski definition) is 2. The first-order valence-electron chi connectivity index (χ1n) is 6.50. The number of aliphatic hydroxyl groups excluding tert-OH is 1. The van der Waals surface area contributed by atoms with Crippen LogP contribution in [0.2, 0.25) is 0 Å². The number of thioether (sulfide) groups is 1. The zero-order valence-electron chi connectivity index (χ0n) is 12.1. The molecule has 1 amide bonds. The molecule has 19 heavy (non-hydrogen) atoms. The van der Waals surface area contributed by atoms with Crippen molar-refractivity contribution in [1.29, 1.82) is 0 Å². The third-order valence-corrected chi connectivity index (χ3v) is 4.14. The van der Waals surface area contributed by atoms with Gasteiger partial charge in [-0.05, 0) is 39.8 Å². The molecule has 0 saturated carbocycles. The fourth-order valence-electron chi connectivity index (χ4n) is 1.42.